The number of aliphatic hydroxyl groups is 1. The van der Waals surface area contributed by atoms with Gasteiger partial charge in [-0.1, -0.05) is 33.6 Å². The number of nitriles is 1. The van der Waals surface area contributed by atoms with E-state index in [0.29, 0.717) is 28.6 Å². The van der Waals surface area contributed by atoms with Gasteiger partial charge in [-0.25, -0.2) is 0 Å². The van der Waals surface area contributed by atoms with Gasteiger partial charge in [-0.3, -0.25) is 9.48 Å². The van der Waals surface area contributed by atoms with E-state index in [-0.39, 0.29) is 17.9 Å². The largest absolute Gasteiger partial charge is 0.390 e. The number of nitrogens with zero attached hydrogens (tertiary/aromatic N) is 3. The number of fused-ring (bicyclic) bond motifs is 5. The molecule has 1 aromatic heterocycles. The van der Waals surface area contributed by atoms with Crippen LogP contribution in [0.4, 0.5) is 0 Å². The highest BCUT2D eigenvalue weighted by molar-refractivity contribution is 5.81. The van der Waals surface area contributed by atoms with Crippen LogP contribution in [0.5, 0.6) is 0 Å². The average Bonchev–Trinajstić information content (AvgIpc) is 3.21. The molecule has 5 rings (SSSR count). The van der Waals surface area contributed by atoms with Crippen molar-refractivity contribution in [3.05, 3.63) is 18.0 Å². The normalized spacial score (nSPS) is 44.1. The summed E-state index contributed by atoms with van der Waals surface area (Å²) in [4.78, 5) is 13.6. The van der Waals surface area contributed by atoms with Crippen molar-refractivity contribution in [3.8, 4) is 6.07 Å². The molecule has 8 atom stereocenters. The maximum Gasteiger partial charge on any atom is 0.157 e. The quantitative estimate of drug-likeness (QED) is 0.600. The third-order valence-electron chi connectivity index (χ3n) is 11.4. The highest BCUT2D eigenvalue weighted by Crippen LogP contribution is 2.66. The predicted molar refractivity (Wildman–Crippen MR) is 132 cm³/mol. The van der Waals surface area contributed by atoms with Crippen LogP contribution < -0.4 is 0 Å². The Kier molecular flexibility index (Phi) is 6.20. The number of aromatic nitrogens is 2. The second-order valence-corrected chi connectivity index (χ2v) is 12.8. The number of ketones is 1. The van der Waals surface area contributed by atoms with Gasteiger partial charge >= 0.3 is 0 Å². The fraction of sp³-hybridized carbons (Fsp3) is 0.828. The Morgan fingerprint density at radius 3 is 2.65 bits per heavy atom. The van der Waals surface area contributed by atoms with Crippen molar-refractivity contribution in [2.45, 2.75) is 110 Å². The lowest BCUT2D eigenvalue weighted by molar-refractivity contribution is -0.154. The molecule has 0 amide bonds. The van der Waals surface area contributed by atoms with Crippen LogP contribution in [0.3, 0.4) is 0 Å². The van der Waals surface area contributed by atoms with E-state index in [0.717, 1.165) is 56.8 Å². The summed E-state index contributed by atoms with van der Waals surface area (Å²) in [5.41, 5.74) is 0.478. The Morgan fingerprint density at radius 1 is 1.12 bits per heavy atom. The predicted octanol–water partition coefficient (Wildman–Crippen LogP) is 5.90. The minimum atomic E-state index is -0.460. The van der Waals surface area contributed by atoms with Crippen LogP contribution >= 0.6 is 0 Å². The zero-order valence-electron chi connectivity index (χ0n) is 21.4. The van der Waals surface area contributed by atoms with Gasteiger partial charge in [-0.05, 0) is 98.7 Å². The van der Waals surface area contributed by atoms with Crippen LogP contribution in [0.15, 0.2) is 12.4 Å². The molecule has 0 saturated heterocycles. The van der Waals surface area contributed by atoms with E-state index in [1.807, 2.05) is 0 Å². The Bertz CT molecular complexity index is 965. The zero-order chi connectivity index (χ0) is 24.1. The fourth-order valence-electron chi connectivity index (χ4n) is 9.44. The van der Waals surface area contributed by atoms with Crippen LogP contribution in [0.2, 0.25) is 0 Å². The first kappa shape index (κ1) is 24.0. The Balaban J connectivity index is 1.36. The van der Waals surface area contributed by atoms with E-state index in [9.17, 15) is 9.90 Å². The zero-order valence-corrected chi connectivity index (χ0v) is 21.4. The number of hydrogen-bond donors (Lipinski definition) is 1. The van der Waals surface area contributed by atoms with E-state index >= 15 is 0 Å². The molecule has 0 unspecified atom stereocenters. The van der Waals surface area contributed by atoms with Gasteiger partial charge in [-0.15, -0.1) is 0 Å². The molecule has 1 heterocycles. The molecule has 0 bridgehead atoms. The van der Waals surface area contributed by atoms with Gasteiger partial charge in [0.25, 0.3) is 0 Å². The molecule has 0 aromatic carbocycles. The lowest BCUT2D eigenvalue weighted by Gasteiger charge is -2.62. The highest BCUT2D eigenvalue weighted by atomic mass is 16.3. The van der Waals surface area contributed by atoms with Crippen molar-refractivity contribution in [2.24, 2.45) is 40.4 Å². The third kappa shape index (κ3) is 3.85. The monoisotopic (exact) mass is 465 g/mol. The van der Waals surface area contributed by atoms with Gasteiger partial charge in [-0.2, -0.15) is 10.4 Å². The molecule has 1 N–H and O–H groups in total. The molecule has 5 nitrogen and oxygen atoms in total. The lowest BCUT2D eigenvalue weighted by Crippen LogP contribution is -2.56. The molecule has 4 aliphatic rings. The standard InChI is InChI=1S/C29H43N3O2/c1-4-29(34)13-6-12-27(2)21(15-29)9-10-22-23-7-5-8-25(28(23,3)14-11-24(22)27)26(33)19-32-18-20(16-30)17-31-32/h17-18,21-25,34H,4-15,19H2,1-3H3/t21-,22+,23+,24+,25-,27+,28+,29-/m1/s1. The summed E-state index contributed by atoms with van der Waals surface area (Å²) >= 11 is 0. The molecule has 4 aliphatic carbocycles. The van der Waals surface area contributed by atoms with Gasteiger partial charge in [0.15, 0.2) is 5.78 Å². The van der Waals surface area contributed by atoms with Crippen molar-refractivity contribution < 1.29 is 9.90 Å². The van der Waals surface area contributed by atoms with Crippen molar-refractivity contribution in [3.63, 3.8) is 0 Å². The SMILES string of the molecule is CC[C@@]1(O)CCC[C@@]2(C)[C@H](CC[C@@H]3[C@@H]2CC[C@]2(C)[C@@H](C(=O)Cn4cc(C#N)cn4)CCC[C@@H]32)C1. The molecule has 0 aliphatic heterocycles. The van der Waals surface area contributed by atoms with E-state index < -0.39 is 5.60 Å². The first-order valence-electron chi connectivity index (χ1n) is 13.9. The molecule has 34 heavy (non-hydrogen) atoms. The summed E-state index contributed by atoms with van der Waals surface area (Å²) in [5, 5.41) is 24.6. The van der Waals surface area contributed by atoms with Crippen molar-refractivity contribution in [2.75, 3.05) is 0 Å². The van der Waals surface area contributed by atoms with Crippen molar-refractivity contribution in [1.29, 1.82) is 5.26 Å². The second kappa shape index (κ2) is 8.77. The molecular weight excluding hydrogens is 422 g/mol. The number of carbonyl (C=O) groups is 1. The number of hydrogen-bond acceptors (Lipinski definition) is 4. The molecular formula is C29H43N3O2. The molecule has 5 heteroatoms. The van der Waals surface area contributed by atoms with E-state index in [4.69, 9.17) is 5.26 Å². The average molecular weight is 466 g/mol. The second-order valence-electron chi connectivity index (χ2n) is 12.8. The van der Waals surface area contributed by atoms with Gasteiger partial charge < -0.3 is 5.11 Å². The summed E-state index contributed by atoms with van der Waals surface area (Å²) < 4.78 is 1.66. The minimum absolute atomic E-state index is 0.0831. The Labute approximate surface area is 205 Å². The van der Waals surface area contributed by atoms with Gasteiger partial charge in [0.1, 0.15) is 6.07 Å². The molecule has 186 valence electrons. The van der Waals surface area contributed by atoms with Crippen LogP contribution in [0.1, 0.15) is 103 Å². The summed E-state index contributed by atoms with van der Waals surface area (Å²) in [7, 11) is 0. The first-order chi connectivity index (χ1) is 16.2. The Morgan fingerprint density at radius 2 is 1.91 bits per heavy atom. The maximum absolute atomic E-state index is 13.6. The molecule has 0 spiro atoms. The topological polar surface area (TPSA) is 78.9 Å². The van der Waals surface area contributed by atoms with Crippen molar-refractivity contribution >= 4 is 5.78 Å². The number of Topliss-reactive ketones (excluding diaryl/α,β-unsaturated/α-hetero) is 1. The minimum Gasteiger partial charge on any atom is -0.390 e. The fourth-order valence-corrected chi connectivity index (χ4v) is 9.44. The number of carbonyl (C=O) groups excluding carboxylic acids is 1. The van der Waals surface area contributed by atoms with Crippen molar-refractivity contribution in [1.82, 2.24) is 9.78 Å². The number of rotatable bonds is 4. The van der Waals surface area contributed by atoms with Crippen LogP contribution in [-0.2, 0) is 11.3 Å². The van der Waals surface area contributed by atoms with Crippen LogP contribution in [0.25, 0.3) is 0 Å². The molecule has 4 saturated carbocycles. The first-order valence-corrected chi connectivity index (χ1v) is 13.9. The van der Waals surface area contributed by atoms with E-state index in [1.54, 1.807) is 17.1 Å². The van der Waals surface area contributed by atoms with E-state index in [1.165, 1.54) is 32.1 Å². The third-order valence-corrected chi connectivity index (χ3v) is 11.4. The smallest absolute Gasteiger partial charge is 0.157 e. The molecule has 1 aromatic rings. The van der Waals surface area contributed by atoms with Gasteiger partial charge in [0.05, 0.1) is 23.9 Å². The summed E-state index contributed by atoms with van der Waals surface area (Å²) in [6, 6.07) is 2.11. The molecule has 4 fully saturated rings. The lowest BCUT2D eigenvalue weighted by atomic mass is 9.42. The Hall–Kier alpha value is -1.67. The summed E-state index contributed by atoms with van der Waals surface area (Å²) in [6.45, 7) is 7.44. The van der Waals surface area contributed by atoms with Crippen LogP contribution in [-0.4, -0.2) is 26.3 Å². The van der Waals surface area contributed by atoms with Crippen LogP contribution in [0, 0.1) is 51.8 Å². The summed E-state index contributed by atoms with van der Waals surface area (Å²) in [6.07, 6.45) is 16.8. The van der Waals surface area contributed by atoms with E-state index in [2.05, 4.69) is 31.9 Å². The molecule has 0 radical (unpaired) electrons. The van der Waals surface area contributed by atoms with Gasteiger partial charge in [0.2, 0.25) is 0 Å². The maximum atomic E-state index is 13.6. The van der Waals surface area contributed by atoms with Gasteiger partial charge in [0, 0.05) is 12.1 Å². The highest BCUT2D eigenvalue weighted by Gasteiger charge is 2.60. The summed E-state index contributed by atoms with van der Waals surface area (Å²) in [5.74, 6) is 3.14.